The second kappa shape index (κ2) is 7.24. The van der Waals surface area contributed by atoms with E-state index in [0.717, 1.165) is 40.6 Å². The zero-order valence-electron chi connectivity index (χ0n) is 12.3. The highest BCUT2D eigenvalue weighted by atomic mass is 79.9. The molecule has 0 spiro atoms. The van der Waals surface area contributed by atoms with Crippen LogP contribution in [0.5, 0.6) is 5.75 Å². The molecule has 2 aromatic rings. The second-order valence-electron chi connectivity index (χ2n) is 5.59. The van der Waals surface area contributed by atoms with Crippen molar-refractivity contribution in [1.29, 1.82) is 0 Å². The molecule has 1 fully saturated rings. The van der Waals surface area contributed by atoms with Crippen LogP contribution in [0.25, 0.3) is 0 Å². The Morgan fingerprint density at radius 2 is 1.83 bits per heavy atom. The number of aromatic nitrogens is 2. The number of hydrogen-bond donors (Lipinski definition) is 0. The van der Waals surface area contributed by atoms with E-state index < -0.39 is 0 Å². The van der Waals surface area contributed by atoms with Crippen LogP contribution < -0.4 is 10.4 Å². The molecular formula is C16H15BrCl2N2O2. The Morgan fingerprint density at radius 1 is 1.17 bits per heavy atom. The summed E-state index contributed by atoms with van der Waals surface area (Å²) in [4.78, 5) is 19.2. The topological polar surface area (TPSA) is 44.1 Å². The van der Waals surface area contributed by atoms with Crippen molar-refractivity contribution in [3.63, 3.8) is 0 Å². The molecule has 4 nitrogen and oxygen atoms in total. The predicted octanol–water partition coefficient (Wildman–Crippen LogP) is 5.20. The summed E-state index contributed by atoms with van der Waals surface area (Å²) < 4.78 is 0.733. The van der Waals surface area contributed by atoms with Gasteiger partial charge in [-0.15, -0.1) is 5.10 Å². The van der Waals surface area contributed by atoms with E-state index in [1.54, 1.807) is 24.4 Å². The molecule has 1 aliphatic carbocycles. The van der Waals surface area contributed by atoms with E-state index in [2.05, 4.69) is 21.0 Å². The van der Waals surface area contributed by atoms with E-state index >= 15 is 0 Å². The van der Waals surface area contributed by atoms with Crippen LogP contribution in [0.2, 0.25) is 10.0 Å². The van der Waals surface area contributed by atoms with Crippen LogP contribution in [0.15, 0.2) is 33.7 Å². The van der Waals surface area contributed by atoms with Gasteiger partial charge in [0.25, 0.3) is 0 Å². The number of benzene rings is 1. The van der Waals surface area contributed by atoms with Crippen LogP contribution in [0.3, 0.4) is 0 Å². The Kier molecular flexibility index (Phi) is 5.29. The molecule has 1 heterocycles. The van der Waals surface area contributed by atoms with Gasteiger partial charge < -0.3 is 4.84 Å². The van der Waals surface area contributed by atoms with Gasteiger partial charge in [0.05, 0.1) is 16.2 Å². The average Bonchev–Trinajstić information content (AvgIpc) is 2.53. The van der Waals surface area contributed by atoms with Gasteiger partial charge in [-0.2, -0.15) is 0 Å². The molecule has 7 heteroatoms. The van der Waals surface area contributed by atoms with Gasteiger partial charge in [0, 0.05) is 10.0 Å². The number of nitrogens with zero attached hydrogens (tertiary/aromatic N) is 2. The molecule has 122 valence electrons. The summed E-state index contributed by atoms with van der Waals surface area (Å²) in [5.41, 5.74) is 0.485. The summed E-state index contributed by atoms with van der Waals surface area (Å²) in [5.74, 6) is 0.483. The summed E-state index contributed by atoms with van der Waals surface area (Å²) in [6.45, 7) is 0. The Bertz CT molecular complexity index is 750. The molecule has 0 unspecified atom stereocenters. The van der Waals surface area contributed by atoms with Crippen molar-refractivity contribution in [2.24, 2.45) is 0 Å². The third-order valence-corrected chi connectivity index (χ3v) is 5.05. The Balaban J connectivity index is 1.94. The zero-order valence-corrected chi connectivity index (χ0v) is 15.4. The molecule has 0 bridgehead atoms. The first-order chi connectivity index (χ1) is 11.1. The number of hydrogen-bond acceptors (Lipinski definition) is 3. The van der Waals surface area contributed by atoms with E-state index in [4.69, 9.17) is 28.0 Å². The van der Waals surface area contributed by atoms with Crippen molar-refractivity contribution in [2.75, 3.05) is 0 Å². The highest BCUT2D eigenvalue weighted by Crippen LogP contribution is 2.36. The molecule has 23 heavy (non-hydrogen) atoms. The molecular weight excluding hydrogens is 403 g/mol. The normalized spacial score (nSPS) is 15.6. The van der Waals surface area contributed by atoms with Crippen LogP contribution in [-0.2, 0) is 0 Å². The fraction of sp³-hybridized carbons (Fsp3) is 0.375. The summed E-state index contributed by atoms with van der Waals surface area (Å²) in [7, 11) is 0. The molecule has 3 rings (SSSR count). The summed E-state index contributed by atoms with van der Waals surface area (Å²) in [6.07, 6.45) is 7.16. The van der Waals surface area contributed by atoms with Crippen LogP contribution >= 0.6 is 39.1 Å². The SMILES string of the molecule is O=c1c(C2CCCCC2)ccnn1Oc1c(Cl)cc(Br)cc1Cl. The fourth-order valence-corrected chi connectivity index (χ4v) is 4.18. The molecule has 1 aromatic carbocycles. The summed E-state index contributed by atoms with van der Waals surface area (Å²) in [6, 6.07) is 5.08. The predicted molar refractivity (Wildman–Crippen MR) is 94.5 cm³/mol. The van der Waals surface area contributed by atoms with E-state index in [9.17, 15) is 4.79 Å². The molecule has 0 amide bonds. The van der Waals surface area contributed by atoms with Crippen LogP contribution in [-0.4, -0.2) is 9.94 Å². The lowest BCUT2D eigenvalue weighted by Crippen LogP contribution is -2.31. The second-order valence-corrected chi connectivity index (χ2v) is 7.32. The van der Waals surface area contributed by atoms with Crippen molar-refractivity contribution in [2.45, 2.75) is 38.0 Å². The van der Waals surface area contributed by atoms with Crippen molar-refractivity contribution < 1.29 is 4.84 Å². The van der Waals surface area contributed by atoms with E-state index in [-0.39, 0.29) is 17.2 Å². The largest absolute Gasteiger partial charge is 0.351 e. The maximum atomic E-state index is 12.6. The monoisotopic (exact) mass is 416 g/mol. The first-order valence-corrected chi connectivity index (χ1v) is 9.02. The third-order valence-electron chi connectivity index (χ3n) is 4.03. The van der Waals surface area contributed by atoms with Gasteiger partial charge in [0.15, 0.2) is 5.75 Å². The summed E-state index contributed by atoms with van der Waals surface area (Å²) >= 11 is 15.6. The molecule has 1 saturated carbocycles. The molecule has 0 aliphatic heterocycles. The Morgan fingerprint density at radius 3 is 2.48 bits per heavy atom. The molecule has 0 radical (unpaired) electrons. The maximum absolute atomic E-state index is 12.6. The van der Waals surface area contributed by atoms with Crippen molar-refractivity contribution in [3.8, 4) is 5.75 Å². The lowest BCUT2D eigenvalue weighted by atomic mass is 9.85. The minimum Gasteiger partial charge on any atom is -0.351 e. The van der Waals surface area contributed by atoms with Gasteiger partial charge in [-0.3, -0.25) is 4.79 Å². The Labute approximate surface area is 152 Å². The number of rotatable bonds is 3. The van der Waals surface area contributed by atoms with Gasteiger partial charge >= 0.3 is 5.56 Å². The third kappa shape index (κ3) is 3.73. The minimum absolute atomic E-state index is 0.215. The lowest BCUT2D eigenvalue weighted by molar-refractivity contribution is 0.162. The standard InChI is InChI=1S/C16H15BrCl2N2O2/c17-11-8-13(18)15(14(19)9-11)23-21-16(22)12(6-7-20-21)10-4-2-1-3-5-10/h6-10H,1-5H2. The van der Waals surface area contributed by atoms with E-state index in [1.807, 2.05) is 0 Å². The van der Waals surface area contributed by atoms with E-state index in [1.165, 1.54) is 6.42 Å². The van der Waals surface area contributed by atoms with E-state index in [0.29, 0.717) is 10.0 Å². The Hall–Kier alpha value is -1.04. The average molecular weight is 418 g/mol. The quantitative estimate of drug-likeness (QED) is 0.688. The number of halogens is 3. The van der Waals surface area contributed by atoms with Gasteiger partial charge in [-0.05, 0) is 37.0 Å². The first-order valence-electron chi connectivity index (χ1n) is 7.47. The van der Waals surface area contributed by atoms with Crippen molar-refractivity contribution in [3.05, 3.63) is 54.8 Å². The van der Waals surface area contributed by atoms with Gasteiger partial charge in [-0.25, -0.2) is 0 Å². The molecule has 0 saturated heterocycles. The smallest absolute Gasteiger partial charge is 0.307 e. The van der Waals surface area contributed by atoms with Gasteiger partial charge in [0.2, 0.25) is 0 Å². The molecule has 0 N–H and O–H groups in total. The lowest BCUT2D eigenvalue weighted by Gasteiger charge is -2.21. The maximum Gasteiger partial charge on any atom is 0.307 e. The zero-order chi connectivity index (χ0) is 16.4. The minimum atomic E-state index is -0.255. The molecule has 1 aliphatic rings. The molecule has 1 aromatic heterocycles. The summed E-state index contributed by atoms with van der Waals surface area (Å²) in [5, 5.41) is 4.60. The van der Waals surface area contributed by atoms with Crippen molar-refractivity contribution in [1.82, 2.24) is 9.94 Å². The van der Waals surface area contributed by atoms with Crippen LogP contribution in [0.4, 0.5) is 0 Å². The van der Waals surface area contributed by atoms with Gasteiger partial charge in [-0.1, -0.05) is 63.2 Å². The van der Waals surface area contributed by atoms with Crippen molar-refractivity contribution >= 4 is 39.1 Å². The van der Waals surface area contributed by atoms with Crippen LogP contribution in [0, 0.1) is 0 Å². The highest BCUT2D eigenvalue weighted by molar-refractivity contribution is 9.10. The highest BCUT2D eigenvalue weighted by Gasteiger charge is 2.20. The molecule has 0 atom stereocenters. The first kappa shape index (κ1) is 16.8. The van der Waals surface area contributed by atoms with Crippen LogP contribution in [0.1, 0.15) is 43.6 Å². The fourth-order valence-electron chi connectivity index (χ4n) is 2.90. The van der Waals surface area contributed by atoms with Gasteiger partial charge in [0.1, 0.15) is 0 Å².